The maximum Gasteiger partial charge on any atom is 0.228 e. The van der Waals surface area contributed by atoms with Crippen LogP contribution in [-0.2, 0) is 0 Å². The molecule has 0 radical (unpaired) electrons. The van der Waals surface area contributed by atoms with Crippen molar-refractivity contribution < 1.29 is 9.84 Å². The van der Waals surface area contributed by atoms with Crippen molar-refractivity contribution in [3.05, 3.63) is 36.8 Å². The number of aliphatic hydroxyl groups is 1. The average Bonchev–Trinajstić information content (AvgIpc) is 3.41. The van der Waals surface area contributed by atoms with Crippen LogP contribution in [0.5, 0.6) is 5.88 Å². The molecule has 1 fully saturated rings. The summed E-state index contributed by atoms with van der Waals surface area (Å²) in [4.78, 5) is 12.6. The van der Waals surface area contributed by atoms with Gasteiger partial charge in [-0.3, -0.25) is 0 Å². The molecule has 8 heteroatoms. The first-order valence-electron chi connectivity index (χ1n) is 10.4. The van der Waals surface area contributed by atoms with Crippen LogP contribution in [-0.4, -0.2) is 48.4 Å². The Morgan fingerprint density at radius 3 is 2.90 bits per heavy atom. The van der Waals surface area contributed by atoms with Gasteiger partial charge in [-0.1, -0.05) is 6.92 Å². The number of aromatic nitrogens is 5. The first kappa shape index (κ1) is 18.9. The summed E-state index contributed by atoms with van der Waals surface area (Å²) < 4.78 is 7.46. The molecule has 1 aliphatic rings. The van der Waals surface area contributed by atoms with Gasteiger partial charge in [-0.15, -0.1) is 0 Å². The third-order valence-corrected chi connectivity index (χ3v) is 6.31. The van der Waals surface area contributed by atoms with Crippen molar-refractivity contribution in [2.75, 3.05) is 12.4 Å². The van der Waals surface area contributed by atoms with Crippen LogP contribution in [0.2, 0.25) is 0 Å². The molecule has 1 saturated carbocycles. The first-order chi connectivity index (χ1) is 14.6. The molecule has 0 aliphatic heterocycles. The smallest absolute Gasteiger partial charge is 0.228 e. The Balaban J connectivity index is 1.46. The second-order valence-corrected chi connectivity index (χ2v) is 8.10. The van der Waals surface area contributed by atoms with Gasteiger partial charge < -0.3 is 20.1 Å². The molecule has 8 nitrogen and oxygen atoms in total. The average molecular weight is 406 g/mol. The molecule has 30 heavy (non-hydrogen) atoms. The zero-order valence-corrected chi connectivity index (χ0v) is 17.2. The molecule has 0 atom stereocenters. The van der Waals surface area contributed by atoms with Gasteiger partial charge in [0.15, 0.2) is 0 Å². The molecule has 156 valence electrons. The van der Waals surface area contributed by atoms with E-state index in [0.717, 1.165) is 59.8 Å². The number of nitrogens with one attached hydrogen (secondary N) is 2. The third-order valence-electron chi connectivity index (χ3n) is 6.31. The Kier molecular flexibility index (Phi) is 4.58. The maximum atomic E-state index is 10.5. The van der Waals surface area contributed by atoms with E-state index < -0.39 is 5.60 Å². The van der Waals surface area contributed by atoms with Crippen LogP contribution >= 0.6 is 0 Å². The molecule has 5 rings (SSSR count). The Bertz CT molecular complexity index is 1190. The molecule has 0 unspecified atom stereocenters. The number of ether oxygens (including phenoxy) is 1. The topological polar surface area (TPSA) is 100 Å². The largest absolute Gasteiger partial charge is 0.480 e. The highest BCUT2D eigenvalue weighted by molar-refractivity contribution is 5.98. The van der Waals surface area contributed by atoms with Crippen LogP contribution in [0.25, 0.3) is 27.7 Å². The molecule has 0 saturated heterocycles. The second-order valence-electron chi connectivity index (χ2n) is 8.10. The van der Waals surface area contributed by atoms with Crippen LogP contribution in [0.1, 0.15) is 39.0 Å². The Hall–Kier alpha value is -3.13. The lowest BCUT2D eigenvalue weighted by Gasteiger charge is -2.35. The number of hydrogen-bond acceptors (Lipinski definition) is 6. The molecule has 4 aromatic heterocycles. The van der Waals surface area contributed by atoms with Gasteiger partial charge >= 0.3 is 0 Å². The minimum absolute atomic E-state index is 0.248. The quantitative estimate of drug-likeness (QED) is 0.466. The Labute approximate surface area is 174 Å². The summed E-state index contributed by atoms with van der Waals surface area (Å²) in [5.41, 5.74) is 3.26. The summed E-state index contributed by atoms with van der Waals surface area (Å²) in [7, 11) is 1.63. The summed E-state index contributed by atoms with van der Waals surface area (Å²) in [6.07, 6.45) is 9.84. The first-order valence-corrected chi connectivity index (χ1v) is 10.4. The fourth-order valence-corrected chi connectivity index (χ4v) is 4.36. The molecule has 0 amide bonds. The molecular formula is C22H26N6O2. The van der Waals surface area contributed by atoms with Gasteiger partial charge in [-0.2, -0.15) is 15.1 Å². The number of hydrogen-bond donors (Lipinski definition) is 3. The lowest BCUT2D eigenvalue weighted by molar-refractivity contribution is -0.00198. The summed E-state index contributed by atoms with van der Waals surface area (Å²) in [5.74, 6) is 1.08. The summed E-state index contributed by atoms with van der Waals surface area (Å²) >= 11 is 0. The van der Waals surface area contributed by atoms with Crippen LogP contribution in [0.15, 0.2) is 36.8 Å². The van der Waals surface area contributed by atoms with Gasteiger partial charge in [0.1, 0.15) is 5.65 Å². The van der Waals surface area contributed by atoms with Crippen LogP contribution < -0.4 is 10.1 Å². The zero-order valence-electron chi connectivity index (χ0n) is 17.2. The second kappa shape index (κ2) is 7.28. The fourth-order valence-electron chi connectivity index (χ4n) is 4.36. The summed E-state index contributed by atoms with van der Waals surface area (Å²) in [6, 6.07) is 6.32. The van der Waals surface area contributed by atoms with Gasteiger partial charge in [-0.05, 0) is 55.9 Å². The normalized spacial score (nSPS) is 21.9. The molecule has 0 bridgehead atoms. The SMILES string of the molecule is CCC1(O)CCC(Nc2nc(OC)c3c(-c4ccn5nccc5c4)c[nH]c3n2)CC1. The molecule has 3 N–H and O–H groups in total. The van der Waals surface area contributed by atoms with Crippen LogP contribution in [0, 0.1) is 0 Å². The van der Waals surface area contributed by atoms with Crippen molar-refractivity contribution in [3.8, 4) is 17.0 Å². The van der Waals surface area contributed by atoms with E-state index in [4.69, 9.17) is 9.72 Å². The minimum Gasteiger partial charge on any atom is -0.480 e. The number of nitrogens with zero attached hydrogens (tertiary/aromatic N) is 4. The number of aromatic amines is 1. The zero-order chi connectivity index (χ0) is 20.7. The van der Waals surface area contributed by atoms with E-state index in [2.05, 4.69) is 26.4 Å². The molecule has 4 aromatic rings. The van der Waals surface area contributed by atoms with E-state index >= 15 is 0 Å². The molecule has 4 heterocycles. The van der Waals surface area contributed by atoms with E-state index in [0.29, 0.717) is 11.8 Å². The van der Waals surface area contributed by atoms with Crippen molar-refractivity contribution in [2.45, 2.75) is 50.7 Å². The van der Waals surface area contributed by atoms with E-state index in [9.17, 15) is 5.11 Å². The van der Waals surface area contributed by atoms with E-state index in [1.165, 1.54) is 0 Å². The molecule has 1 aliphatic carbocycles. The van der Waals surface area contributed by atoms with Gasteiger partial charge in [-0.25, -0.2) is 4.52 Å². The molecule has 0 aromatic carbocycles. The highest BCUT2D eigenvalue weighted by Crippen LogP contribution is 2.36. The van der Waals surface area contributed by atoms with E-state index in [1.807, 2.05) is 36.0 Å². The van der Waals surface area contributed by atoms with Gasteiger partial charge in [0.2, 0.25) is 11.8 Å². The highest BCUT2D eigenvalue weighted by Gasteiger charge is 2.31. The predicted octanol–water partition coefficient (Wildman–Crippen LogP) is 3.78. The fraction of sp³-hybridized carbons (Fsp3) is 0.409. The number of pyridine rings is 1. The minimum atomic E-state index is -0.522. The number of H-pyrrole nitrogens is 1. The number of methoxy groups -OCH3 is 1. The number of anilines is 1. The lowest BCUT2D eigenvalue weighted by Crippen LogP contribution is -2.38. The van der Waals surface area contributed by atoms with Crippen LogP contribution in [0.4, 0.5) is 5.95 Å². The number of fused-ring (bicyclic) bond motifs is 2. The maximum absolute atomic E-state index is 10.5. The predicted molar refractivity (Wildman–Crippen MR) is 116 cm³/mol. The monoisotopic (exact) mass is 406 g/mol. The standard InChI is InChI=1S/C22H26N6O2/c1-3-22(29)8-4-15(5-9-22)25-21-26-19-18(20(27-21)30-2)17(13-23-19)14-7-11-28-16(12-14)6-10-24-28/h6-7,10-13,15,29H,3-5,8-9H2,1-2H3,(H2,23,25,26,27). The van der Waals surface area contributed by atoms with Crippen molar-refractivity contribution in [2.24, 2.45) is 0 Å². The lowest BCUT2D eigenvalue weighted by atomic mass is 9.80. The van der Waals surface area contributed by atoms with E-state index in [-0.39, 0.29) is 6.04 Å². The van der Waals surface area contributed by atoms with Gasteiger partial charge in [0.25, 0.3) is 0 Å². The van der Waals surface area contributed by atoms with E-state index in [1.54, 1.807) is 13.3 Å². The van der Waals surface area contributed by atoms with Crippen molar-refractivity contribution in [1.29, 1.82) is 0 Å². The Morgan fingerprint density at radius 2 is 2.13 bits per heavy atom. The van der Waals surface area contributed by atoms with Crippen LogP contribution in [0.3, 0.4) is 0 Å². The highest BCUT2D eigenvalue weighted by atomic mass is 16.5. The third kappa shape index (κ3) is 3.27. The summed E-state index contributed by atoms with van der Waals surface area (Å²) in [6.45, 7) is 2.04. The molecular weight excluding hydrogens is 380 g/mol. The van der Waals surface area contributed by atoms with Crippen molar-refractivity contribution in [1.82, 2.24) is 24.6 Å². The molecule has 0 spiro atoms. The van der Waals surface area contributed by atoms with Crippen molar-refractivity contribution >= 4 is 22.5 Å². The number of rotatable bonds is 5. The van der Waals surface area contributed by atoms with Gasteiger partial charge in [0.05, 0.1) is 23.6 Å². The van der Waals surface area contributed by atoms with Gasteiger partial charge in [0, 0.05) is 30.2 Å². The Morgan fingerprint density at radius 1 is 1.30 bits per heavy atom. The van der Waals surface area contributed by atoms with Crippen molar-refractivity contribution in [3.63, 3.8) is 0 Å². The summed E-state index contributed by atoms with van der Waals surface area (Å²) in [5, 5.41) is 19.0.